The van der Waals surface area contributed by atoms with Crippen LogP contribution in [0.3, 0.4) is 0 Å². The molecule has 1 N–H and O–H groups in total. The molecule has 1 saturated carbocycles. The van der Waals surface area contributed by atoms with Crippen LogP contribution in [-0.4, -0.2) is 37.4 Å². The Morgan fingerprint density at radius 3 is 2.61 bits per heavy atom. The third-order valence-corrected chi connectivity index (χ3v) is 6.33. The number of benzene rings is 1. The first-order valence-corrected chi connectivity index (χ1v) is 10.4. The average Bonchev–Trinajstić information content (AvgIpc) is 3.14. The van der Waals surface area contributed by atoms with E-state index in [1.165, 1.54) is 0 Å². The summed E-state index contributed by atoms with van der Waals surface area (Å²) < 4.78 is 10.9. The topological polar surface area (TPSA) is 67.6 Å². The van der Waals surface area contributed by atoms with Crippen molar-refractivity contribution in [1.29, 1.82) is 0 Å². The van der Waals surface area contributed by atoms with Gasteiger partial charge in [0.2, 0.25) is 5.91 Å². The number of hydrogen-bond acceptors (Lipinski definition) is 6. The molecule has 3 aromatic rings. The van der Waals surface area contributed by atoms with E-state index < -0.39 is 5.41 Å². The molecule has 1 amide bonds. The molecule has 0 unspecified atom stereocenters. The molecule has 1 aliphatic heterocycles. The highest BCUT2D eigenvalue weighted by atomic mass is 32.1. The Morgan fingerprint density at radius 2 is 1.93 bits per heavy atom. The number of carbonyl (C=O) groups excluding carboxylic acids is 1. The lowest BCUT2D eigenvalue weighted by atomic mass is 10.0. The molecule has 0 spiro atoms. The monoisotopic (exact) mass is 395 g/mol. The van der Waals surface area contributed by atoms with Crippen molar-refractivity contribution in [2.24, 2.45) is 0 Å². The molecule has 144 valence electrons. The third kappa shape index (κ3) is 3.21. The van der Waals surface area contributed by atoms with E-state index in [1.54, 1.807) is 11.3 Å². The molecule has 1 aromatic carbocycles. The molecule has 6 nitrogen and oxygen atoms in total. The Bertz CT molecular complexity index is 955. The summed E-state index contributed by atoms with van der Waals surface area (Å²) in [6, 6.07) is 13.9. The minimum absolute atomic E-state index is 0.0161. The smallest absolute Gasteiger partial charge is 0.236 e. The first-order valence-electron chi connectivity index (χ1n) is 9.50. The molecular weight excluding hydrogens is 374 g/mol. The van der Waals surface area contributed by atoms with E-state index in [2.05, 4.69) is 15.4 Å². The second kappa shape index (κ2) is 7.07. The molecule has 1 aliphatic carbocycles. The van der Waals surface area contributed by atoms with Gasteiger partial charge in [0, 0.05) is 30.5 Å². The summed E-state index contributed by atoms with van der Waals surface area (Å²) in [5.41, 5.74) is 2.11. The van der Waals surface area contributed by atoms with Crippen LogP contribution in [-0.2, 0) is 14.9 Å². The molecule has 0 atom stereocenters. The van der Waals surface area contributed by atoms with Crippen molar-refractivity contribution in [3.05, 3.63) is 53.5 Å². The molecule has 0 radical (unpaired) electrons. The number of nitrogens with zero attached hydrogens (tertiary/aromatic N) is 2. The van der Waals surface area contributed by atoms with Crippen LogP contribution in [0.15, 0.2) is 52.4 Å². The molecule has 2 aliphatic rings. The Hall–Kier alpha value is -2.64. The SMILES string of the molecule is O=C(Nc1ccc(N2CCOCC2)cc1)C1(c2cc(-c3cccs3)on2)CC1. The quantitative estimate of drug-likeness (QED) is 0.709. The lowest BCUT2D eigenvalue weighted by molar-refractivity contribution is -0.118. The van der Waals surface area contributed by atoms with E-state index in [0.29, 0.717) is 0 Å². The second-order valence-corrected chi connectivity index (χ2v) is 8.18. The van der Waals surface area contributed by atoms with Crippen molar-refractivity contribution in [3.63, 3.8) is 0 Å². The van der Waals surface area contributed by atoms with Crippen LogP contribution in [0.1, 0.15) is 18.5 Å². The molecular formula is C21H21N3O3S. The molecule has 3 heterocycles. The van der Waals surface area contributed by atoms with Gasteiger partial charge in [0.15, 0.2) is 5.76 Å². The minimum Gasteiger partial charge on any atom is -0.378 e. The molecule has 0 bridgehead atoms. The number of rotatable bonds is 5. The van der Waals surface area contributed by atoms with Crippen LogP contribution in [0.4, 0.5) is 11.4 Å². The van der Waals surface area contributed by atoms with Gasteiger partial charge in [0.05, 0.1) is 29.2 Å². The molecule has 2 fully saturated rings. The summed E-state index contributed by atoms with van der Waals surface area (Å²) in [5, 5.41) is 9.25. The van der Waals surface area contributed by atoms with Gasteiger partial charge in [0.25, 0.3) is 0 Å². The predicted octanol–water partition coefficient (Wildman–Crippen LogP) is 3.91. The maximum atomic E-state index is 13.0. The zero-order valence-corrected chi connectivity index (χ0v) is 16.2. The lowest BCUT2D eigenvalue weighted by Gasteiger charge is -2.29. The van der Waals surface area contributed by atoms with Crippen LogP contribution in [0, 0.1) is 0 Å². The Morgan fingerprint density at radius 1 is 1.14 bits per heavy atom. The van der Waals surface area contributed by atoms with Gasteiger partial charge in [-0.3, -0.25) is 4.79 Å². The highest BCUT2D eigenvalue weighted by Crippen LogP contribution is 2.49. The molecule has 2 aromatic heterocycles. The Kier molecular flexibility index (Phi) is 4.41. The van der Waals surface area contributed by atoms with E-state index in [9.17, 15) is 4.79 Å². The largest absolute Gasteiger partial charge is 0.378 e. The number of anilines is 2. The van der Waals surface area contributed by atoms with Crippen molar-refractivity contribution < 1.29 is 14.1 Å². The fraction of sp³-hybridized carbons (Fsp3) is 0.333. The standard InChI is InChI=1S/C21H21N3O3S/c25-20(22-15-3-5-16(6-4-15)24-9-11-26-12-10-24)21(7-8-21)19-14-17(27-23-19)18-2-1-13-28-18/h1-6,13-14H,7-12H2,(H,22,25). The average molecular weight is 395 g/mol. The van der Waals surface area contributed by atoms with Crippen molar-refractivity contribution >= 4 is 28.6 Å². The van der Waals surface area contributed by atoms with E-state index in [-0.39, 0.29) is 5.91 Å². The molecule has 7 heteroatoms. The lowest BCUT2D eigenvalue weighted by Crippen LogP contribution is -2.36. The first-order chi connectivity index (χ1) is 13.7. The summed E-state index contributed by atoms with van der Waals surface area (Å²) in [6.07, 6.45) is 1.59. The van der Waals surface area contributed by atoms with E-state index in [0.717, 1.165) is 66.9 Å². The van der Waals surface area contributed by atoms with Crippen LogP contribution in [0.25, 0.3) is 10.6 Å². The number of hydrogen-bond donors (Lipinski definition) is 1. The van der Waals surface area contributed by atoms with E-state index >= 15 is 0 Å². The first kappa shape index (κ1) is 17.5. The van der Waals surface area contributed by atoms with Crippen molar-refractivity contribution in [1.82, 2.24) is 5.16 Å². The molecule has 1 saturated heterocycles. The fourth-order valence-electron chi connectivity index (χ4n) is 3.59. The highest BCUT2D eigenvalue weighted by Gasteiger charge is 2.53. The normalized spacial score (nSPS) is 18.1. The minimum atomic E-state index is -0.568. The van der Waals surface area contributed by atoms with Crippen molar-refractivity contribution in [2.45, 2.75) is 18.3 Å². The number of amides is 1. The Balaban J connectivity index is 1.28. The molecule has 28 heavy (non-hydrogen) atoms. The number of ether oxygens (including phenoxy) is 1. The van der Waals surface area contributed by atoms with Gasteiger partial charge >= 0.3 is 0 Å². The van der Waals surface area contributed by atoms with Crippen LogP contribution < -0.4 is 10.2 Å². The zero-order valence-electron chi connectivity index (χ0n) is 15.4. The second-order valence-electron chi connectivity index (χ2n) is 7.24. The van der Waals surface area contributed by atoms with Crippen LogP contribution in [0.2, 0.25) is 0 Å². The van der Waals surface area contributed by atoms with Gasteiger partial charge in [-0.1, -0.05) is 11.2 Å². The summed E-state index contributed by atoms with van der Waals surface area (Å²) in [6.45, 7) is 3.30. The number of nitrogens with one attached hydrogen (secondary N) is 1. The maximum Gasteiger partial charge on any atom is 0.236 e. The molecule has 5 rings (SSSR count). The summed E-state index contributed by atoms with van der Waals surface area (Å²) in [7, 11) is 0. The number of aromatic nitrogens is 1. The van der Waals surface area contributed by atoms with E-state index in [4.69, 9.17) is 9.26 Å². The van der Waals surface area contributed by atoms with Crippen molar-refractivity contribution in [3.8, 4) is 10.6 Å². The van der Waals surface area contributed by atoms with Crippen LogP contribution in [0.5, 0.6) is 0 Å². The number of thiophene rings is 1. The maximum absolute atomic E-state index is 13.0. The summed E-state index contributed by atoms with van der Waals surface area (Å²) in [5.74, 6) is 0.705. The van der Waals surface area contributed by atoms with Gasteiger partial charge in [-0.2, -0.15) is 0 Å². The van der Waals surface area contributed by atoms with Gasteiger partial charge < -0.3 is 19.5 Å². The van der Waals surface area contributed by atoms with Gasteiger partial charge in [0.1, 0.15) is 0 Å². The van der Waals surface area contributed by atoms with Crippen molar-refractivity contribution in [2.75, 3.05) is 36.5 Å². The predicted molar refractivity (Wildman–Crippen MR) is 109 cm³/mol. The highest BCUT2D eigenvalue weighted by molar-refractivity contribution is 7.13. The summed E-state index contributed by atoms with van der Waals surface area (Å²) >= 11 is 1.60. The van der Waals surface area contributed by atoms with E-state index in [1.807, 2.05) is 47.8 Å². The number of morpholine rings is 1. The van der Waals surface area contributed by atoms with Gasteiger partial charge in [-0.25, -0.2) is 0 Å². The number of carbonyl (C=O) groups is 1. The summed E-state index contributed by atoms with van der Waals surface area (Å²) in [4.78, 5) is 16.3. The third-order valence-electron chi connectivity index (χ3n) is 5.45. The fourth-order valence-corrected chi connectivity index (χ4v) is 4.26. The zero-order chi connectivity index (χ0) is 19.0. The van der Waals surface area contributed by atoms with Gasteiger partial charge in [-0.15, -0.1) is 11.3 Å². The Labute approximate surface area is 167 Å². The van der Waals surface area contributed by atoms with Crippen LogP contribution >= 0.6 is 11.3 Å². The van der Waals surface area contributed by atoms with Gasteiger partial charge in [-0.05, 0) is 48.6 Å².